The fraction of sp³-hybridized carbons (Fsp3) is 0.562. The monoisotopic (exact) mass is 258 g/mol. The van der Waals surface area contributed by atoms with Crippen LogP contribution in [0.25, 0.3) is 0 Å². The zero-order valence-corrected chi connectivity index (χ0v) is 11.3. The third-order valence-electron chi connectivity index (χ3n) is 4.06. The van der Waals surface area contributed by atoms with Gasteiger partial charge in [0.15, 0.2) is 0 Å². The lowest BCUT2D eigenvalue weighted by Crippen LogP contribution is -2.46. The van der Waals surface area contributed by atoms with Crippen LogP contribution in [0.15, 0.2) is 24.3 Å². The second kappa shape index (κ2) is 5.74. The lowest BCUT2D eigenvalue weighted by atomic mass is 10.0. The van der Waals surface area contributed by atoms with Gasteiger partial charge in [-0.3, -0.25) is 4.79 Å². The SMILES string of the molecule is O=C(Cc1ccc(C2CC2)cc1)N[C@@H]1CCCNC1. The highest BCUT2D eigenvalue weighted by Crippen LogP contribution is 2.39. The molecule has 0 bridgehead atoms. The molecule has 1 aromatic rings. The number of amides is 1. The molecule has 3 heteroatoms. The molecule has 1 aromatic carbocycles. The molecule has 1 aliphatic heterocycles. The third kappa shape index (κ3) is 3.57. The van der Waals surface area contributed by atoms with Crippen LogP contribution in [0, 0.1) is 0 Å². The summed E-state index contributed by atoms with van der Waals surface area (Å²) in [5, 5.41) is 6.43. The zero-order chi connectivity index (χ0) is 13.1. The van der Waals surface area contributed by atoms with Crippen LogP contribution in [0.3, 0.4) is 0 Å². The summed E-state index contributed by atoms with van der Waals surface area (Å²) in [4.78, 5) is 12.0. The average Bonchev–Trinajstić information content (AvgIpc) is 3.25. The highest BCUT2D eigenvalue weighted by molar-refractivity contribution is 5.78. The van der Waals surface area contributed by atoms with Gasteiger partial charge in [0.2, 0.25) is 5.91 Å². The van der Waals surface area contributed by atoms with Crippen LogP contribution in [0.1, 0.15) is 42.7 Å². The van der Waals surface area contributed by atoms with Crippen molar-refractivity contribution in [2.75, 3.05) is 13.1 Å². The van der Waals surface area contributed by atoms with E-state index >= 15 is 0 Å². The van der Waals surface area contributed by atoms with E-state index in [1.54, 1.807) is 0 Å². The predicted octanol–water partition coefficient (Wildman–Crippen LogP) is 1.97. The minimum Gasteiger partial charge on any atom is -0.352 e. The van der Waals surface area contributed by atoms with Gasteiger partial charge in [0, 0.05) is 12.6 Å². The Hall–Kier alpha value is -1.35. The largest absolute Gasteiger partial charge is 0.352 e. The van der Waals surface area contributed by atoms with Crippen molar-refractivity contribution in [1.29, 1.82) is 0 Å². The summed E-state index contributed by atoms with van der Waals surface area (Å²) in [6.45, 7) is 1.99. The van der Waals surface area contributed by atoms with Crippen LogP contribution in [0.5, 0.6) is 0 Å². The highest BCUT2D eigenvalue weighted by Gasteiger charge is 2.23. The molecular weight excluding hydrogens is 236 g/mol. The molecule has 1 saturated carbocycles. The lowest BCUT2D eigenvalue weighted by molar-refractivity contribution is -0.121. The number of benzene rings is 1. The molecule has 2 N–H and O–H groups in total. The maximum absolute atomic E-state index is 12.0. The van der Waals surface area contributed by atoms with E-state index in [0.29, 0.717) is 12.5 Å². The van der Waals surface area contributed by atoms with Gasteiger partial charge in [-0.05, 0) is 49.3 Å². The van der Waals surface area contributed by atoms with Crippen molar-refractivity contribution in [3.05, 3.63) is 35.4 Å². The summed E-state index contributed by atoms with van der Waals surface area (Å²) in [7, 11) is 0. The Labute approximate surface area is 114 Å². The average molecular weight is 258 g/mol. The third-order valence-corrected chi connectivity index (χ3v) is 4.06. The van der Waals surface area contributed by atoms with Crippen molar-refractivity contribution >= 4 is 5.91 Å². The Morgan fingerprint density at radius 1 is 1.21 bits per heavy atom. The number of hydrogen-bond acceptors (Lipinski definition) is 2. The molecule has 19 heavy (non-hydrogen) atoms. The Morgan fingerprint density at radius 3 is 2.63 bits per heavy atom. The van der Waals surface area contributed by atoms with Crippen molar-refractivity contribution in [3.63, 3.8) is 0 Å². The van der Waals surface area contributed by atoms with E-state index < -0.39 is 0 Å². The van der Waals surface area contributed by atoms with Crippen LogP contribution in [0.2, 0.25) is 0 Å². The van der Waals surface area contributed by atoms with Crippen molar-refractivity contribution < 1.29 is 4.79 Å². The fourth-order valence-electron chi connectivity index (χ4n) is 2.76. The van der Waals surface area contributed by atoms with E-state index in [1.165, 1.54) is 18.4 Å². The molecule has 3 rings (SSSR count). The number of carbonyl (C=O) groups is 1. The first-order valence-corrected chi connectivity index (χ1v) is 7.40. The maximum Gasteiger partial charge on any atom is 0.224 e. The molecule has 0 spiro atoms. The molecule has 102 valence electrons. The second-order valence-electron chi connectivity index (χ2n) is 5.80. The van der Waals surface area contributed by atoms with Crippen LogP contribution in [-0.4, -0.2) is 25.0 Å². The Balaban J connectivity index is 1.50. The van der Waals surface area contributed by atoms with Gasteiger partial charge in [-0.15, -0.1) is 0 Å². The first-order chi connectivity index (χ1) is 9.31. The lowest BCUT2D eigenvalue weighted by Gasteiger charge is -2.23. The van der Waals surface area contributed by atoms with Crippen LogP contribution < -0.4 is 10.6 Å². The smallest absolute Gasteiger partial charge is 0.224 e. The second-order valence-corrected chi connectivity index (χ2v) is 5.80. The van der Waals surface area contributed by atoms with Gasteiger partial charge in [0.1, 0.15) is 0 Å². The predicted molar refractivity (Wildman–Crippen MR) is 76.2 cm³/mol. The van der Waals surface area contributed by atoms with Crippen molar-refractivity contribution in [1.82, 2.24) is 10.6 Å². The van der Waals surface area contributed by atoms with E-state index in [0.717, 1.165) is 37.4 Å². The van der Waals surface area contributed by atoms with E-state index in [1.807, 2.05) is 0 Å². The molecule has 3 nitrogen and oxygen atoms in total. The van der Waals surface area contributed by atoms with Crippen LogP contribution >= 0.6 is 0 Å². The topological polar surface area (TPSA) is 41.1 Å². The molecule has 2 fully saturated rings. The first kappa shape index (κ1) is 12.7. The van der Waals surface area contributed by atoms with Gasteiger partial charge in [-0.1, -0.05) is 24.3 Å². The Kier molecular flexibility index (Phi) is 3.83. The minimum absolute atomic E-state index is 0.146. The Bertz CT molecular complexity index is 431. The van der Waals surface area contributed by atoms with Gasteiger partial charge >= 0.3 is 0 Å². The van der Waals surface area contributed by atoms with Gasteiger partial charge in [-0.25, -0.2) is 0 Å². The number of hydrogen-bond donors (Lipinski definition) is 2. The van der Waals surface area contributed by atoms with Crippen molar-refractivity contribution in [3.8, 4) is 0 Å². The molecule has 1 heterocycles. The standard InChI is InChI=1S/C16H22N2O/c19-16(18-15-2-1-9-17-11-15)10-12-3-5-13(6-4-12)14-7-8-14/h3-6,14-15,17H,1-2,7-11H2,(H,18,19)/t15-/m1/s1. The number of rotatable bonds is 4. The molecule has 0 unspecified atom stereocenters. The number of nitrogens with one attached hydrogen (secondary N) is 2. The van der Waals surface area contributed by atoms with Gasteiger partial charge in [-0.2, -0.15) is 0 Å². The van der Waals surface area contributed by atoms with Crippen LogP contribution in [0.4, 0.5) is 0 Å². The zero-order valence-electron chi connectivity index (χ0n) is 11.3. The molecular formula is C16H22N2O. The molecule has 0 aromatic heterocycles. The summed E-state index contributed by atoms with van der Waals surface area (Å²) in [6.07, 6.45) is 5.41. The summed E-state index contributed by atoms with van der Waals surface area (Å²) >= 11 is 0. The Morgan fingerprint density at radius 2 is 2.00 bits per heavy atom. The maximum atomic E-state index is 12.0. The summed E-state index contributed by atoms with van der Waals surface area (Å²) in [6, 6.07) is 8.89. The molecule has 1 atom stereocenters. The first-order valence-electron chi connectivity index (χ1n) is 7.40. The van der Waals surface area contributed by atoms with E-state index in [9.17, 15) is 4.79 Å². The fourth-order valence-corrected chi connectivity index (χ4v) is 2.76. The van der Waals surface area contributed by atoms with E-state index in [2.05, 4.69) is 34.9 Å². The van der Waals surface area contributed by atoms with Gasteiger partial charge < -0.3 is 10.6 Å². The van der Waals surface area contributed by atoms with E-state index in [4.69, 9.17) is 0 Å². The quantitative estimate of drug-likeness (QED) is 0.867. The molecule has 1 aliphatic carbocycles. The summed E-state index contributed by atoms with van der Waals surface area (Å²) < 4.78 is 0. The minimum atomic E-state index is 0.146. The molecule has 1 saturated heterocycles. The summed E-state index contributed by atoms with van der Waals surface area (Å²) in [5.41, 5.74) is 2.55. The normalized spacial score (nSPS) is 23.1. The molecule has 0 radical (unpaired) electrons. The van der Waals surface area contributed by atoms with Crippen molar-refractivity contribution in [2.45, 2.75) is 44.1 Å². The molecule has 2 aliphatic rings. The van der Waals surface area contributed by atoms with Gasteiger partial charge in [0.25, 0.3) is 0 Å². The number of carbonyl (C=O) groups excluding carboxylic acids is 1. The molecule has 1 amide bonds. The summed E-state index contributed by atoms with van der Waals surface area (Å²) in [5.74, 6) is 0.934. The van der Waals surface area contributed by atoms with E-state index in [-0.39, 0.29) is 5.91 Å². The highest BCUT2D eigenvalue weighted by atomic mass is 16.1. The van der Waals surface area contributed by atoms with Crippen molar-refractivity contribution in [2.24, 2.45) is 0 Å². The van der Waals surface area contributed by atoms with Crippen LogP contribution in [-0.2, 0) is 11.2 Å². The van der Waals surface area contributed by atoms with Gasteiger partial charge in [0.05, 0.1) is 6.42 Å². The number of piperidine rings is 1.